The van der Waals surface area contributed by atoms with Crippen LogP contribution in [0.25, 0.3) is 15.9 Å². The van der Waals surface area contributed by atoms with Crippen molar-refractivity contribution in [3.05, 3.63) is 42.1 Å². The lowest BCUT2D eigenvalue weighted by Crippen LogP contribution is -2.24. The van der Waals surface area contributed by atoms with Crippen molar-refractivity contribution in [2.45, 2.75) is 13.8 Å². The van der Waals surface area contributed by atoms with Crippen molar-refractivity contribution < 1.29 is 4.42 Å². The van der Waals surface area contributed by atoms with Crippen LogP contribution >= 0.6 is 11.8 Å². The van der Waals surface area contributed by atoms with Crippen molar-refractivity contribution >= 4 is 33.5 Å². The van der Waals surface area contributed by atoms with Gasteiger partial charge in [0.25, 0.3) is 0 Å². The number of aromatic amines is 1. The molecule has 6 nitrogen and oxygen atoms in total. The fraction of sp³-hybridized carbons (Fsp3) is 0.267. The summed E-state index contributed by atoms with van der Waals surface area (Å²) >= 11 is 1.77. The first-order valence-electron chi connectivity index (χ1n) is 7.05. The molecule has 3 aromatic heterocycles. The fourth-order valence-electron chi connectivity index (χ4n) is 2.59. The Bertz CT molecular complexity index is 866. The Labute approximate surface area is 131 Å². The Kier molecular flexibility index (Phi) is 3.15. The van der Waals surface area contributed by atoms with E-state index >= 15 is 0 Å². The molecule has 0 spiro atoms. The quantitative estimate of drug-likeness (QED) is 0.784. The topological polar surface area (TPSA) is 70.8 Å². The van der Waals surface area contributed by atoms with E-state index < -0.39 is 0 Å². The summed E-state index contributed by atoms with van der Waals surface area (Å²) in [7, 11) is 0. The molecule has 0 radical (unpaired) electrons. The van der Waals surface area contributed by atoms with Crippen LogP contribution in [0.3, 0.4) is 0 Å². The number of H-pyrrole nitrogens is 1. The smallest absolute Gasteiger partial charge is 0.191 e. The SMILES string of the molecule is Cc1ncc(C2=CN(c3ncnc4[nH]cc(C)c34)CCS2)o1. The van der Waals surface area contributed by atoms with Crippen LogP contribution in [0.2, 0.25) is 0 Å². The van der Waals surface area contributed by atoms with Gasteiger partial charge in [-0.2, -0.15) is 0 Å². The summed E-state index contributed by atoms with van der Waals surface area (Å²) < 4.78 is 5.64. The maximum Gasteiger partial charge on any atom is 0.191 e. The predicted octanol–water partition coefficient (Wildman–Crippen LogP) is 3.11. The molecule has 0 aliphatic carbocycles. The van der Waals surface area contributed by atoms with Gasteiger partial charge in [-0.3, -0.25) is 0 Å². The van der Waals surface area contributed by atoms with Gasteiger partial charge in [-0.05, 0) is 12.5 Å². The number of fused-ring (bicyclic) bond motifs is 1. The molecule has 4 rings (SSSR count). The maximum atomic E-state index is 5.64. The zero-order chi connectivity index (χ0) is 15.1. The van der Waals surface area contributed by atoms with Crippen molar-refractivity contribution in [3.63, 3.8) is 0 Å². The third-order valence-electron chi connectivity index (χ3n) is 3.65. The molecular formula is C15H15N5OS. The molecule has 0 aromatic carbocycles. The van der Waals surface area contributed by atoms with Crippen LogP contribution < -0.4 is 4.90 Å². The number of hydrogen-bond donors (Lipinski definition) is 1. The average Bonchev–Trinajstić information content (AvgIpc) is 3.14. The lowest BCUT2D eigenvalue weighted by Gasteiger charge is -2.25. The van der Waals surface area contributed by atoms with Crippen molar-refractivity contribution in [1.82, 2.24) is 19.9 Å². The summed E-state index contributed by atoms with van der Waals surface area (Å²) in [4.78, 5) is 19.4. The fourth-order valence-corrected chi connectivity index (χ4v) is 3.54. The van der Waals surface area contributed by atoms with Crippen LogP contribution in [0, 0.1) is 13.8 Å². The lowest BCUT2D eigenvalue weighted by molar-refractivity contribution is 0.512. The number of rotatable bonds is 2. The van der Waals surface area contributed by atoms with E-state index in [0.29, 0.717) is 5.89 Å². The number of aryl methyl sites for hydroxylation is 2. The number of hydrogen-bond acceptors (Lipinski definition) is 6. The van der Waals surface area contributed by atoms with E-state index in [-0.39, 0.29) is 0 Å². The molecule has 0 unspecified atom stereocenters. The van der Waals surface area contributed by atoms with Gasteiger partial charge in [0.2, 0.25) is 0 Å². The van der Waals surface area contributed by atoms with Gasteiger partial charge in [-0.25, -0.2) is 15.0 Å². The Morgan fingerprint density at radius 3 is 3.00 bits per heavy atom. The van der Waals surface area contributed by atoms with Crippen LogP contribution in [-0.2, 0) is 0 Å². The molecule has 1 N–H and O–H groups in total. The number of thioether (sulfide) groups is 1. The number of oxazole rings is 1. The van der Waals surface area contributed by atoms with E-state index in [2.05, 4.69) is 38.0 Å². The Hall–Kier alpha value is -2.28. The van der Waals surface area contributed by atoms with E-state index in [9.17, 15) is 0 Å². The molecule has 0 saturated carbocycles. The molecule has 22 heavy (non-hydrogen) atoms. The van der Waals surface area contributed by atoms with Gasteiger partial charge in [-0.1, -0.05) is 0 Å². The molecule has 0 amide bonds. The first-order valence-corrected chi connectivity index (χ1v) is 8.03. The first kappa shape index (κ1) is 13.4. The summed E-state index contributed by atoms with van der Waals surface area (Å²) in [6.45, 7) is 4.82. The number of nitrogens with one attached hydrogen (secondary N) is 1. The zero-order valence-electron chi connectivity index (χ0n) is 12.3. The highest BCUT2D eigenvalue weighted by Crippen LogP contribution is 2.35. The summed E-state index contributed by atoms with van der Waals surface area (Å²) in [5, 5.41) is 1.07. The van der Waals surface area contributed by atoms with Crippen LogP contribution in [0.15, 0.2) is 29.3 Å². The van der Waals surface area contributed by atoms with Crippen LogP contribution in [0.5, 0.6) is 0 Å². The zero-order valence-corrected chi connectivity index (χ0v) is 13.1. The lowest BCUT2D eigenvalue weighted by atomic mass is 10.2. The van der Waals surface area contributed by atoms with Crippen molar-refractivity contribution in [2.24, 2.45) is 0 Å². The van der Waals surface area contributed by atoms with Crippen molar-refractivity contribution in [2.75, 3.05) is 17.2 Å². The average molecular weight is 313 g/mol. The highest BCUT2D eigenvalue weighted by Gasteiger charge is 2.20. The van der Waals surface area contributed by atoms with E-state index in [1.165, 1.54) is 0 Å². The van der Waals surface area contributed by atoms with Gasteiger partial charge < -0.3 is 14.3 Å². The molecule has 3 aromatic rings. The van der Waals surface area contributed by atoms with Gasteiger partial charge in [0.05, 0.1) is 16.5 Å². The largest absolute Gasteiger partial charge is 0.440 e. The number of aromatic nitrogens is 4. The van der Waals surface area contributed by atoms with Gasteiger partial charge in [-0.15, -0.1) is 11.8 Å². The molecule has 0 saturated heterocycles. The minimum Gasteiger partial charge on any atom is -0.440 e. The summed E-state index contributed by atoms with van der Waals surface area (Å²) in [5.41, 5.74) is 2.01. The van der Waals surface area contributed by atoms with E-state index in [0.717, 1.165) is 45.4 Å². The van der Waals surface area contributed by atoms with Gasteiger partial charge in [0, 0.05) is 31.6 Å². The second-order valence-corrected chi connectivity index (χ2v) is 6.31. The van der Waals surface area contributed by atoms with Crippen molar-refractivity contribution in [1.29, 1.82) is 0 Å². The summed E-state index contributed by atoms with van der Waals surface area (Å²) in [6.07, 6.45) is 7.42. The molecule has 112 valence electrons. The summed E-state index contributed by atoms with van der Waals surface area (Å²) in [5.74, 6) is 3.39. The minimum absolute atomic E-state index is 0.680. The molecule has 1 aliphatic heterocycles. The highest BCUT2D eigenvalue weighted by atomic mass is 32.2. The monoisotopic (exact) mass is 313 g/mol. The first-order chi connectivity index (χ1) is 10.7. The second-order valence-electron chi connectivity index (χ2n) is 5.17. The predicted molar refractivity (Wildman–Crippen MR) is 87.6 cm³/mol. The van der Waals surface area contributed by atoms with Gasteiger partial charge >= 0.3 is 0 Å². The standard InChI is InChI=1S/C15H15N5OS/c1-9-5-17-14-13(9)15(19-8-18-14)20-3-4-22-12(7-20)11-6-16-10(2)21-11/h5-8H,3-4H2,1-2H3,(H,17,18,19). The van der Waals surface area contributed by atoms with Crippen molar-refractivity contribution in [3.8, 4) is 0 Å². The third kappa shape index (κ3) is 2.18. The van der Waals surface area contributed by atoms with Gasteiger partial charge in [0.1, 0.15) is 17.8 Å². The van der Waals surface area contributed by atoms with Crippen LogP contribution in [-0.4, -0.2) is 32.2 Å². The molecule has 0 fully saturated rings. The maximum absolute atomic E-state index is 5.64. The molecule has 1 aliphatic rings. The second kappa shape index (κ2) is 5.17. The van der Waals surface area contributed by atoms with E-state index in [4.69, 9.17) is 4.42 Å². The molecule has 0 atom stereocenters. The van der Waals surface area contributed by atoms with Crippen LogP contribution in [0.1, 0.15) is 17.2 Å². The van der Waals surface area contributed by atoms with E-state index in [1.54, 1.807) is 24.3 Å². The van der Waals surface area contributed by atoms with E-state index in [1.807, 2.05) is 13.1 Å². The Morgan fingerprint density at radius 1 is 1.27 bits per heavy atom. The molecule has 0 bridgehead atoms. The third-order valence-corrected chi connectivity index (χ3v) is 4.65. The summed E-state index contributed by atoms with van der Waals surface area (Å²) in [6, 6.07) is 0. The normalized spacial score (nSPS) is 15.4. The highest BCUT2D eigenvalue weighted by molar-refractivity contribution is 8.08. The Balaban J connectivity index is 1.79. The molecule has 7 heteroatoms. The number of nitrogens with zero attached hydrogens (tertiary/aromatic N) is 4. The number of anilines is 1. The molecular weight excluding hydrogens is 298 g/mol. The molecule has 4 heterocycles. The van der Waals surface area contributed by atoms with Gasteiger partial charge in [0.15, 0.2) is 11.7 Å². The Morgan fingerprint density at radius 2 is 2.18 bits per heavy atom. The van der Waals surface area contributed by atoms with Crippen LogP contribution in [0.4, 0.5) is 5.82 Å². The minimum atomic E-state index is 0.680.